The van der Waals surface area contributed by atoms with E-state index in [1.807, 2.05) is 0 Å². The summed E-state index contributed by atoms with van der Waals surface area (Å²) in [5, 5.41) is 0. The van der Waals surface area contributed by atoms with Gasteiger partial charge in [-0.1, -0.05) is 30.1 Å². The number of ether oxygens (including phenoxy) is 1. The van der Waals surface area contributed by atoms with E-state index < -0.39 is 0 Å². The van der Waals surface area contributed by atoms with Crippen LogP contribution in [0.3, 0.4) is 0 Å². The molecular weight excluding hydrogens is 175 g/mol. The average molecular weight is 183 g/mol. The summed E-state index contributed by atoms with van der Waals surface area (Å²) in [6, 6.07) is 0. The number of halogens is 2. The smallest absolute Gasteiger partial charge is 0.305 e. The molecule has 0 N–H and O–H groups in total. The van der Waals surface area contributed by atoms with Crippen LogP contribution >= 0.6 is 23.2 Å². The molecule has 0 atom stereocenters. The fourth-order valence-corrected chi connectivity index (χ4v) is 0.426. The second-order valence-corrected chi connectivity index (χ2v) is 2.54. The van der Waals surface area contributed by atoms with Gasteiger partial charge in [-0.15, -0.1) is 0 Å². The molecule has 58 valence electrons. The molecule has 0 radical (unpaired) electrons. The van der Waals surface area contributed by atoms with Crippen molar-refractivity contribution in [1.29, 1.82) is 0 Å². The standard InChI is InChI=1S/C6H8Cl2O2/c1-2-6(9)10-4-3-5(7)8/h3H,2,4H2,1H3. The van der Waals surface area contributed by atoms with Crippen LogP contribution in [0.25, 0.3) is 0 Å². The van der Waals surface area contributed by atoms with Crippen molar-refractivity contribution in [2.24, 2.45) is 0 Å². The third-order valence-electron chi connectivity index (χ3n) is 0.771. The van der Waals surface area contributed by atoms with Crippen molar-refractivity contribution >= 4 is 29.2 Å². The van der Waals surface area contributed by atoms with Crippen LogP contribution in [0.15, 0.2) is 10.6 Å². The van der Waals surface area contributed by atoms with E-state index in [2.05, 4.69) is 4.74 Å². The normalized spacial score (nSPS) is 8.70. The van der Waals surface area contributed by atoms with Gasteiger partial charge >= 0.3 is 5.97 Å². The fraction of sp³-hybridized carbons (Fsp3) is 0.500. The van der Waals surface area contributed by atoms with Gasteiger partial charge in [-0.2, -0.15) is 0 Å². The van der Waals surface area contributed by atoms with Crippen LogP contribution in [-0.4, -0.2) is 12.6 Å². The van der Waals surface area contributed by atoms with Crippen LogP contribution in [0.1, 0.15) is 13.3 Å². The average Bonchev–Trinajstić information content (AvgIpc) is 1.87. The van der Waals surface area contributed by atoms with Crippen molar-refractivity contribution < 1.29 is 9.53 Å². The highest BCUT2D eigenvalue weighted by Gasteiger charge is 1.94. The molecule has 0 rings (SSSR count). The van der Waals surface area contributed by atoms with E-state index in [-0.39, 0.29) is 17.1 Å². The lowest BCUT2D eigenvalue weighted by Crippen LogP contribution is -2.01. The Morgan fingerprint density at radius 3 is 2.60 bits per heavy atom. The van der Waals surface area contributed by atoms with Crippen molar-refractivity contribution in [1.82, 2.24) is 0 Å². The van der Waals surface area contributed by atoms with E-state index in [1.54, 1.807) is 6.92 Å². The maximum Gasteiger partial charge on any atom is 0.305 e. The zero-order valence-corrected chi connectivity index (χ0v) is 7.08. The van der Waals surface area contributed by atoms with Gasteiger partial charge in [-0.25, -0.2) is 0 Å². The predicted molar refractivity (Wildman–Crippen MR) is 41.0 cm³/mol. The Morgan fingerprint density at radius 2 is 2.20 bits per heavy atom. The molecule has 10 heavy (non-hydrogen) atoms. The second kappa shape index (κ2) is 5.57. The highest BCUT2D eigenvalue weighted by molar-refractivity contribution is 6.55. The van der Waals surface area contributed by atoms with Crippen LogP contribution < -0.4 is 0 Å². The molecule has 0 saturated carbocycles. The Labute approximate surface area is 69.8 Å². The predicted octanol–water partition coefficient (Wildman–Crippen LogP) is 2.26. The van der Waals surface area contributed by atoms with Crippen LogP contribution in [0.5, 0.6) is 0 Å². The molecule has 0 unspecified atom stereocenters. The highest BCUT2D eigenvalue weighted by Crippen LogP contribution is 2.05. The van der Waals surface area contributed by atoms with Crippen LogP contribution in [0.2, 0.25) is 0 Å². The molecule has 0 aliphatic heterocycles. The topological polar surface area (TPSA) is 26.3 Å². The second-order valence-electron chi connectivity index (χ2n) is 1.53. The first-order valence-electron chi connectivity index (χ1n) is 2.83. The largest absolute Gasteiger partial charge is 0.461 e. The first kappa shape index (κ1) is 9.79. The fourth-order valence-electron chi connectivity index (χ4n) is 0.300. The SMILES string of the molecule is CCC(=O)OCC=C(Cl)Cl. The molecule has 0 aliphatic rings. The zero-order valence-electron chi connectivity index (χ0n) is 5.56. The van der Waals surface area contributed by atoms with E-state index in [1.165, 1.54) is 6.08 Å². The Balaban J connectivity index is 3.37. The molecule has 0 spiro atoms. The molecule has 0 saturated heterocycles. The van der Waals surface area contributed by atoms with Gasteiger partial charge in [0.1, 0.15) is 11.1 Å². The molecule has 2 nitrogen and oxygen atoms in total. The minimum atomic E-state index is -0.258. The van der Waals surface area contributed by atoms with Gasteiger partial charge in [-0.05, 0) is 6.08 Å². The summed E-state index contributed by atoms with van der Waals surface area (Å²) in [6.45, 7) is 1.86. The molecule has 0 fully saturated rings. The summed E-state index contributed by atoms with van der Waals surface area (Å²) in [6.07, 6.45) is 1.78. The first-order chi connectivity index (χ1) is 4.66. The third kappa shape index (κ3) is 5.92. The van der Waals surface area contributed by atoms with E-state index >= 15 is 0 Å². The minimum Gasteiger partial charge on any atom is -0.461 e. The van der Waals surface area contributed by atoms with Gasteiger partial charge in [0.15, 0.2) is 0 Å². The molecule has 0 heterocycles. The monoisotopic (exact) mass is 182 g/mol. The van der Waals surface area contributed by atoms with E-state index in [0.717, 1.165) is 0 Å². The maximum atomic E-state index is 10.5. The number of rotatable bonds is 3. The summed E-state index contributed by atoms with van der Waals surface area (Å²) in [4.78, 5) is 10.5. The van der Waals surface area contributed by atoms with Crippen molar-refractivity contribution in [3.8, 4) is 0 Å². The molecule has 0 amide bonds. The molecule has 0 aliphatic carbocycles. The van der Waals surface area contributed by atoms with Gasteiger partial charge in [-0.3, -0.25) is 4.79 Å². The summed E-state index contributed by atoms with van der Waals surface area (Å²) in [5.74, 6) is -0.258. The number of hydrogen-bond donors (Lipinski definition) is 0. The Morgan fingerprint density at radius 1 is 1.60 bits per heavy atom. The van der Waals surface area contributed by atoms with Crippen molar-refractivity contribution in [3.05, 3.63) is 10.6 Å². The number of carbonyl (C=O) groups excluding carboxylic acids is 1. The maximum absolute atomic E-state index is 10.5. The van der Waals surface area contributed by atoms with Crippen molar-refractivity contribution in [2.75, 3.05) is 6.61 Å². The number of esters is 1. The Hall–Kier alpha value is -0.210. The summed E-state index contributed by atoms with van der Waals surface area (Å²) >= 11 is 10.5. The van der Waals surface area contributed by atoms with Crippen LogP contribution in [0.4, 0.5) is 0 Å². The summed E-state index contributed by atoms with van der Waals surface area (Å²) in [7, 11) is 0. The van der Waals surface area contributed by atoms with Gasteiger partial charge in [0.2, 0.25) is 0 Å². The zero-order chi connectivity index (χ0) is 7.98. The van der Waals surface area contributed by atoms with Crippen LogP contribution in [0, 0.1) is 0 Å². The summed E-state index contributed by atoms with van der Waals surface area (Å²) < 4.78 is 4.73. The van der Waals surface area contributed by atoms with Crippen LogP contribution in [-0.2, 0) is 9.53 Å². The summed E-state index contributed by atoms with van der Waals surface area (Å²) in [5.41, 5.74) is 0. The lowest BCUT2D eigenvalue weighted by atomic mass is 10.5. The van der Waals surface area contributed by atoms with E-state index in [4.69, 9.17) is 23.2 Å². The first-order valence-corrected chi connectivity index (χ1v) is 3.59. The third-order valence-corrected chi connectivity index (χ3v) is 1.08. The number of hydrogen-bond acceptors (Lipinski definition) is 2. The highest BCUT2D eigenvalue weighted by atomic mass is 35.5. The van der Waals surface area contributed by atoms with Gasteiger partial charge < -0.3 is 4.74 Å². The van der Waals surface area contributed by atoms with E-state index in [0.29, 0.717) is 6.42 Å². The molecule has 0 bridgehead atoms. The molecule has 0 aromatic carbocycles. The molecule has 0 aromatic heterocycles. The molecular formula is C6H8Cl2O2. The van der Waals surface area contributed by atoms with E-state index in [9.17, 15) is 4.79 Å². The number of carbonyl (C=O) groups is 1. The Kier molecular flexibility index (Phi) is 5.45. The molecule has 0 aromatic rings. The van der Waals surface area contributed by atoms with Gasteiger partial charge in [0.25, 0.3) is 0 Å². The lowest BCUT2D eigenvalue weighted by molar-refractivity contribution is -0.141. The van der Waals surface area contributed by atoms with Crippen molar-refractivity contribution in [2.45, 2.75) is 13.3 Å². The molecule has 4 heteroatoms. The Bertz CT molecular complexity index is 139. The van der Waals surface area contributed by atoms with Crippen molar-refractivity contribution in [3.63, 3.8) is 0 Å². The van der Waals surface area contributed by atoms with Gasteiger partial charge in [0, 0.05) is 6.42 Å². The lowest BCUT2D eigenvalue weighted by Gasteiger charge is -1.96. The minimum absolute atomic E-state index is 0.115. The van der Waals surface area contributed by atoms with Gasteiger partial charge in [0.05, 0.1) is 0 Å². The quantitative estimate of drug-likeness (QED) is 0.627.